The number of hydrogen-bond acceptors (Lipinski definition) is 4. The largest absolute Gasteiger partial charge is 0.350 e. The maximum atomic E-state index is 13.9. The fourth-order valence-corrected chi connectivity index (χ4v) is 2.07. The molecule has 0 saturated carbocycles. The molecule has 1 aliphatic rings. The summed E-state index contributed by atoms with van der Waals surface area (Å²) in [6.45, 7) is 5.86. The molecule has 0 spiro atoms. The highest BCUT2D eigenvalue weighted by molar-refractivity contribution is 5.98. The van der Waals surface area contributed by atoms with E-state index in [-0.39, 0.29) is 11.5 Å². The van der Waals surface area contributed by atoms with Crippen LogP contribution in [-0.4, -0.2) is 24.7 Å². The molecule has 1 saturated heterocycles. The molecule has 2 amide bonds. The monoisotopic (exact) mass is 338 g/mol. The van der Waals surface area contributed by atoms with Crippen LogP contribution in [0.4, 0.5) is 10.1 Å². The van der Waals surface area contributed by atoms with E-state index < -0.39 is 23.4 Å². The average Bonchev–Trinajstić information content (AvgIpc) is 2.54. The summed E-state index contributed by atoms with van der Waals surface area (Å²) in [6, 6.07) is 3.81. The molecule has 132 valence electrons. The minimum atomic E-state index is -0.728. The summed E-state index contributed by atoms with van der Waals surface area (Å²) >= 11 is 0. The Hall–Kier alpha value is -1.99. The van der Waals surface area contributed by atoms with Gasteiger partial charge in [-0.3, -0.25) is 9.59 Å². The third-order valence-electron chi connectivity index (χ3n) is 3.57. The Labute approximate surface area is 140 Å². The lowest BCUT2D eigenvalue weighted by Gasteiger charge is -2.22. The molecule has 0 radical (unpaired) electrons. The molecule has 1 heterocycles. The highest BCUT2D eigenvalue weighted by Gasteiger charge is 2.22. The van der Waals surface area contributed by atoms with Gasteiger partial charge < -0.3 is 10.1 Å². The van der Waals surface area contributed by atoms with E-state index in [9.17, 15) is 14.0 Å². The molecule has 2 N–H and O–H groups in total. The van der Waals surface area contributed by atoms with Crippen molar-refractivity contribution in [2.75, 3.05) is 11.9 Å². The van der Waals surface area contributed by atoms with Gasteiger partial charge in [-0.1, -0.05) is 20.8 Å². The Bertz CT molecular complexity index is 607. The predicted molar refractivity (Wildman–Crippen MR) is 86.6 cm³/mol. The van der Waals surface area contributed by atoms with Gasteiger partial charge in [0.25, 0.3) is 5.91 Å². The van der Waals surface area contributed by atoms with Crippen molar-refractivity contribution in [3.63, 3.8) is 0 Å². The van der Waals surface area contributed by atoms with E-state index in [1.54, 1.807) is 20.8 Å². The Morgan fingerprint density at radius 3 is 2.67 bits per heavy atom. The maximum absolute atomic E-state index is 13.9. The van der Waals surface area contributed by atoms with Crippen LogP contribution in [0.2, 0.25) is 0 Å². The van der Waals surface area contributed by atoms with Crippen molar-refractivity contribution in [3.05, 3.63) is 29.6 Å². The fourth-order valence-electron chi connectivity index (χ4n) is 2.07. The van der Waals surface area contributed by atoms with Gasteiger partial charge >= 0.3 is 0 Å². The van der Waals surface area contributed by atoms with Crippen LogP contribution < -0.4 is 10.8 Å². The van der Waals surface area contributed by atoms with Crippen LogP contribution in [0.3, 0.4) is 0 Å². The normalized spacial score (nSPS) is 18.1. The number of hydrogen-bond donors (Lipinski definition) is 2. The molecular formula is C17H23FN2O4. The fraction of sp³-hybridized carbons (Fsp3) is 0.529. The number of halogens is 1. The summed E-state index contributed by atoms with van der Waals surface area (Å²) in [5.41, 5.74) is 1.74. The first kappa shape index (κ1) is 18.4. The first-order valence-electron chi connectivity index (χ1n) is 7.96. The minimum Gasteiger partial charge on any atom is -0.350 e. The number of carbonyl (C=O) groups is 2. The first-order valence-corrected chi connectivity index (χ1v) is 7.96. The van der Waals surface area contributed by atoms with E-state index in [1.165, 1.54) is 12.1 Å². The van der Waals surface area contributed by atoms with Crippen molar-refractivity contribution in [1.29, 1.82) is 0 Å². The van der Waals surface area contributed by atoms with Gasteiger partial charge in [0.05, 0.1) is 5.56 Å². The second-order valence-corrected chi connectivity index (χ2v) is 6.74. The summed E-state index contributed by atoms with van der Waals surface area (Å²) in [7, 11) is 0. The molecule has 1 fully saturated rings. The van der Waals surface area contributed by atoms with Crippen molar-refractivity contribution in [2.45, 2.75) is 46.3 Å². The number of rotatable bonds is 4. The third-order valence-corrected chi connectivity index (χ3v) is 3.57. The Balaban J connectivity index is 2.01. The molecule has 1 unspecified atom stereocenters. The Kier molecular flexibility index (Phi) is 5.90. The molecular weight excluding hydrogens is 315 g/mol. The molecule has 7 heteroatoms. The van der Waals surface area contributed by atoms with Crippen molar-refractivity contribution < 1.29 is 23.6 Å². The molecule has 0 aromatic heterocycles. The summed E-state index contributed by atoms with van der Waals surface area (Å²) in [5.74, 6) is -1.66. The molecule has 2 rings (SSSR count). The van der Waals surface area contributed by atoms with Crippen molar-refractivity contribution in [3.8, 4) is 0 Å². The lowest BCUT2D eigenvalue weighted by atomic mass is 9.95. The molecule has 1 atom stereocenters. The van der Waals surface area contributed by atoms with Gasteiger partial charge in [0.15, 0.2) is 6.29 Å². The van der Waals surface area contributed by atoms with Gasteiger partial charge in [-0.25, -0.2) is 14.7 Å². The van der Waals surface area contributed by atoms with Gasteiger partial charge in [0.2, 0.25) is 5.91 Å². The van der Waals surface area contributed by atoms with Crippen molar-refractivity contribution in [1.82, 2.24) is 5.48 Å². The van der Waals surface area contributed by atoms with Gasteiger partial charge in [0, 0.05) is 24.1 Å². The highest BCUT2D eigenvalue weighted by Crippen LogP contribution is 2.20. The number of benzene rings is 1. The van der Waals surface area contributed by atoms with E-state index in [4.69, 9.17) is 9.57 Å². The van der Waals surface area contributed by atoms with Crippen LogP contribution in [0.5, 0.6) is 0 Å². The molecule has 0 aliphatic carbocycles. The zero-order chi connectivity index (χ0) is 17.7. The first-order chi connectivity index (χ1) is 11.3. The van der Waals surface area contributed by atoms with Crippen LogP contribution in [0.1, 0.15) is 50.4 Å². The van der Waals surface area contributed by atoms with Gasteiger partial charge in [-0.15, -0.1) is 0 Å². The van der Waals surface area contributed by atoms with Crippen molar-refractivity contribution in [2.24, 2.45) is 5.41 Å². The second-order valence-electron chi connectivity index (χ2n) is 6.74. The maximum Gasteiger partial charge on any atom is 0.277 e. The van der Waals surface area contributed by atoms with E-state index in [0.29, 0.717) is 18.7 Å². The van der Waals surface area contributed by atoms with E-state index in [2.05, 4.69) is 10.8 Å². The zero-order valence-corrected chi connectivity index (χ0v) is 14.1. The lowest BCUT2D eigenvalue weighted by Crippen LogP contribution is -2.33. The highest BCUT2D eigenvalue weighted by atomic mass is 19.1. The Morgan fingerprint density at radius 2 is 2.04 bits per heavy atom. The standard InChI is InChI=1S/C17H23FN2O4/c1-17(2,3)16(22)19-11-7-8-13(18)12(10-11)15(21)20-24-14-6-4-5-9-23-14/h7-8,10,14H,4-6,9H2,1-3H3,(H,19,22)(H,20,21). The Morgan fingerprint density at radius 1 is 1.29 bits per heavy atom. The van der Waals surface area contributed by atoms with Crippen LogP contribution in [0.25, 0.3) is 0 Å². The predicted octanol–water partition coefficient (Wildman–Crippen LogP) is 3.00. The number of ether oxygens (including phenoxy) is 1. The van der Waals surface area contributed by atoms with Crippen molar-refractivity contribution >= 4 is 17.5 Å². The molecule has 6 nitrogen and oxygen atoms in total. The second kappa shape index (κ2) is 7.72. The van der Waals surface area contributed by atoms with Gasteiger partial charge in [-0.2, -0.15) is 0 Å². The molecule has 1 aliphatic heterocycles. The molecule has 24 heavy (non-hydrogen) atoms. The van der Waals surface area contributed by atoms with E-state index in [0.717, 1.165) is 18.9 Å². The van der Waals surface area contributed by atoms with Crippen LogP contribution in [-0.2, 0) is 14.4 Å². The van der Waals surface area contributed by atoms with Crippen LogP contribution in [0, 0.1) is 11.2 Å². The number of amides is 2. The number of hydroxylamine groups is 1. The smallest absolute Gasteiger partial charge is 0.277 e. The van der Waals surface area contributed by atoms with Crippen LogP contribution in [0.15, 0.2) is 18.2 Å². The van der Waals surface area contributed by atoms with Gasteiger partial charge in [0.1, 0.15) is 5.82 Å². The molecule has 1 aromatic rings. The van der Waals surface area contributed by atoms with Gasteiger partial charge in [-0.05, 0) is 31.0 Å². The van der Waals surface area contributed by atoms with Crippen LogP contribution >= 0.6 is 0 Å². The average molecular weight is 338 g/mol. The number of carbonyl (C=O) groups excluding carboxylic acids is 2. The molecule has 0 bridgehead atoms. The lowest BCUT2D eigenvalue weighted by molar-refractivity contribution is -0.186. The number of anilines is 1. The topological polar surface area (TPSA) is 76.7 Å². The van der Waals surface area contributed by atoms with E-state index >= 15 is 0 Å². The SMILES string of the molecule is CC(C)(C)C(=O)Nc1ccc(F)c(C(=O)NOC2CCCCO2)c1. The molecule has 1 aromatic carbocycles. The minimum absolute atomic E-state index is 0.211. The summed E-state index contributed by atoms with van der Waals surface area (Å²) in [5, 5.41) is 2.66. The quantitative estimate of drug-likeness (QED) is 0.828. The number of nitrogens with one attached hydrogen (secondary N) is 2. The van der Waals surface area contributed by atoms with E-state index in [1.807, 2.05) is 0 Å². The zero-order valence-electron chi connectivity index (χ0n) is 14.1. The summed E-state index contributed by atoms with van der Waals surface area (Å²) in [6.07, 6.45) is 2.06. The summed E-state index contributed by atoms with van der Waals surface area (Å²) in [4.78, 5) is 29.2. The third kappa shape index (κ3) is 5.01. The summed E-state index contributed by atoms with van der Waals surface area (Å²) < 4.78 is 19.2.